The van der Waals surface area contributed by atoms with E-state index in [9.17, 15) is 9.59 Å². The first-order valence-electron chi connectivity index (χ1n) is 11.3. The van der Waals surface area contributed by atoms with Crippen molar-refractivity contribution in [2.75, 3.05) is 26.2 Å². The molecule has 1 aromatic carbocycles. The fraction of sp³-hybridized carbons (Fsp3) is 0.609. The van der Waals surface area contributed by atoms with Gasteiger partial charge in [0, 0.05) is 13.1 Å². The quantitative estimate of drug-likeness (QED) is 0.637. The summed E-state index contributed by atoms with van der Waals surface area (Å²) in [7, 11) is 0. The molecule has 0 radical (unpaired) electrons. The average Bonchev–Trinajstić information content (AvgIpc) is 2.78. The molecule has 3 heterocycles. The molecule has 1 aromatic rings. The molecule has 3 aliphatic rings. The van der Waals surface area contributed by atoms with E-state index in [0.717, 1.165) is 51.2 Å². The van der Waals surface area contributed by atoms with Crippen molar-refractivity contribution in [1.29, 1.82) is 0 Å². The van der Waals surface area contributed by atoms with Crippen molar-refractivity contribution in [3.8, 4) is 0 Å². The second kappa shape index (κ2) is 10.2. The van der Waals surface area contributed by atoms with Gasteiger partial charge in [-0.15, -0.1) is 0 Å². The van der Waals surface area contributed by atoms with Crippen molar-refractivity contribution >= 4 is 17.5 Å². The largest absolute Gasteiger partial charge is 0.356 e. The van der Waals surface area contributed by atoms with Crippen LogP contribution in [0, 0.1) is 11.8 Å². The Morgan fingerprint density at radius 1 is 1.17 bits per heavy atom. The molecule has 7 heteroatoms. The molecule has 3 N–H and O–H groups in total. The van der Waals surface area contributed by atoms with Crippen LogP contribution in [0.15, 0.2) is 35.4 Å². The van der Waals surface area contributed by atoms with E-state index in [1.54, 1.807) is 0 Å². The Morgan fingerprint density at radius 3 is 2.77 bits per heavy atom. The van der Waals surface area contributed by atoms with Crippen LogP contribution in [0.4, 0.5) is 0 Å². The Labute approximate surface area is 178 Å². The molecule has 2 amide bonds. The number of hydrazone groups is 1. The lowest BCUT2D eigenvalue weighted by Crippen LogP contribution is -2.56. The van der Waals surface area contributed by atoms with Crippen LogP contribution in [0.5, 0.6) is 0 Å². The van der Waals surface area contributed by atoms with Crippen molar-refractivity contribution < 1.29 is 9.59 Å². The summed E-state index contributed by atoms with van der Waals surface area (Å²) in [6, 6.07) is 10.5. The van der Waals surface area contributed by atoms with Crippen LogP contribution in [0.1, 0.15) is 44.1 Å². The van der Waals surface area contributed by atoms with Crippen molar-refractivity contribution in [3.63, 3.8) is 0 Å². The van der Waals surface area contributed by atoms with Crippen molar-refractivity contribution in [2.45, 2.75) is 51.1 Å². The third kappa shape index (κ3) is 5.46. The fourth-order valence-corrected chi connectivity index (χ4v) is 4.87. The van der Waals surface area contributed by atoms with E-state index in [0.29, 0.717) is 12.5 Å². The number of benzene rings is 1. The number of piperidine rings is 2. The minimum Gasteiger partial charge on any atom is -0.356 e. The third-order valence-electron chi connectivity index (χ3n) is 6.64. The van der Waals surface area contributed by atoms with Gasteiger partial charge in [0.25, 0.3) is 0 Å². The lowest BCUT2D eigenvalue weighted by Gasteiger charge is -2.35. The highest BCUT2D eigenvalue weighted by atomic mass is 16.2. The summed E-state index contributed by atoms with van der Waals surface area (Å²) in [5.41, 5.74) is 4.72. The van der Waals surface area contributed by atoms with Crippen LogP contribution in [-0.2, 0) is 16.1 Å². The molecule has 2 fully saturated rings. The first-order valence-corrected chi connectivity index (χ1v) is 11.3. The first kappa shape index (κ1) is 21.0. The second-order valence-corrected chi connectivity index (χ2v) is 8.78. The van der Waals surface area contributed by atoms with Gasteiger partial charge in [-0.05, 0) is 63.2 Å². The number of carbonyl (C=O) groups excluding carboxylic acids is 2. The fourth-order valence-electron chi connectivity index (χ4n) is 4.87. The molecule has 0 bridgehead atoms. The molecule has 0 aliphatic carbocycles. The van der Waals surface area contributed by atoms with Gasteiger partial charge in [0.05, 0.1) is 24.1 Å². The molecule has 0 spiro atoms. The van der Waals surface area contributed by atoms with E-state index in [4.69, 9.17) is 0 Å². The van der Waals surface area contributed by atoms with Crippen LogP contribution in [0.2, 0.25) is 0 Å². The summed E-state index contributed by atoms with van der Waals surface area (Å²) in [5.74, 6) is 0.542. The van der Waals surface area contributed by atoms with E-state index in [-0.39, 0.29) is 30.2 Å². The van der Waals surface area contributed by atoms with Gasteiger partial charge in [-0.1, -0.05) is 30.3 Å². The molecule has 7 nitrogen and oxygen atoms in total. The van der Waals surface area contributed by atoms with E-state index in [1.165, 1.54) is 18.4 Å². The second-order valence-electron chi connectivity index (χ2n) is 8.78. The molecular weight excluding hydrogens is 378 g/mol. The molecule has 4 rings (SSSR count). The highest BCUT2D eigenvalue weighted by Gasteiger charge is 2.37. The number of rotatable bonds is 7. The Morgan fingerprint density at radius 2 is 1.97 bits per heavy atom. The normalized spacial score (nSPS) is 25.2. The van der Waals surface area contributed by atoms with Crippen LogP contribution in [-0.4, -0.2) is 54.6 Å². The van der Waals surface area contributed by atoms with E-state index < -0.39 is 0 Å². The van der Waals surface area contributed by atoms with Crippen LogP contribution >= 0.6 is 0 Å². The maximum Gasteiger partial charge on any atom is 0.245 e. The number of hydrogen-bond acceptors (Lipinski definition) is 5. The summed E-state index contributed by atoms with van der Waals surface area (Å²) in [5, 5.41) is 10.6. The summed E-state index contributed by atoms with van der Waals surface area (Å²) in [6.45, 7) is 4.86. The smallest absolute Gasteiger partial charge is 0.245 e. The Balaban J connectivity index is 1.15. The van der Waals surface area contributed by atoms with Gasteiger partial charge in [0.15, 0.2) is 0 Å². The van der Waals surface area contributed by atoms with Gasteiger partial charge < -0.3 is 10.6 Å². The van der Waals surface area contributed by atoms with Gasteiger partial charge in [0.2, 0.25) is 11.8 Å². The Bertz CT molecular complexity index is 758. The lowest BCUT2D eigenvalue weighted by atomic mass is 9.85. The monoisotopic (exact) mass is 411 g/mol. The third-order valence-corrected chi connectivity index (χ3v) is 6.64. The maximum absolute atomic E-state index is 12.4. The number of nitrogens with zero attached hydrogens (tertiary/aromatic N) is 2. The van der Waals surface area contributed by atoms with Gasteiger partial charge in [-0.25, -0.2) is 5.43 Å². The summed E-state index contributed by atoms with van der Waals surface area (Å²) < 4.78 is 0. The number of likely N-dealkylation sites (tertiary alicyclic amines) is 1. The standard InChI is InChI=1S/C23H33N5O2/c29-21(15-20-22-19(7-4-11-25-22)23(30)27-26-20)24-12-8-17-9-13-28(14-10-17)16-18-5-2-1-3-6-18/h1-3,5-6,17,19,22,25H,4,7-16H2,(H,24,29)(H,27,30). The van der Waals surface area contributed by atoms with Crippen LogP contribution in [0.25, 0.3) is 0 Å². The topological polar surface area (TPSA) is 85.8 Å². The van der Waals surface area contributed by atoms with Crippen LogP contribution < -0.4 is 16.1 Å². The number of fused-ring (bicyclic) bond motifs is 1. The number of hydrogen-bond donors (Lipinski definition) is 3. The minimum atomic E-state index is -0.0971. The Hall–Kier alpha value is -2.25. The summed E-state index contributed by atoms with van der Waals surface area (Å²) in [6.07, 6.45) is 5.50. The molecular formula is C23H33N5O2. The minimum absolute atomic E-state index is 0.00228. The predicted molar refractivity (Wildman–Crippen MR) is 117 cm³/mol. The number of nitrogens with one attached hydrogen (secondary N) is 3. The summed E-state index contributed by atoms with van der Waals surface area (Å²) in [4.78, 5) is 26.9. The van der Waals surface area contributed by atoms with Gasteiger partial charge in [-0.2, -0.15) is 5.10 Å². The molecule has 0 saturated carbocycles. The highest BCUT2D eigenvalue weighted by molar-refractivity contribution is 6.07. The van der Waals surface area contributed by atoms with Gasteiger partial charge >= 0.3 is 0 Å². The molecule has 0 aromatic heterocycles. The van der Waals surface area contributed by atoms with Gasteiger partial charge in [0.1, 0.15) is 0 Å². The van der Waals surface area contributed by atoms with Gasteiger partial charge in [-0.3, -0.25) is 14.5 Å². The van der Waals surface area contributed by atoms with E-state index >= 15 is 0 Å². The molecule has 2 atom stereocenters. The van der Waals surface area contributed by atoms with Crippen molar-refractivity contribution in [3.05, 3.63) is 35.9 Å². The van der Waals surface area contributed by atoms with E-state index in [1.807, 2.05) is 0 Å². The lowest BCUT2D eigenvalue weighted by molar-refractivity contribution is -0.127. The molecule has 2 unspecified atom stereocenters. The predicted octanol–water partition coefficient (Wildman–Crippen LogP) is 1.65. The number of carbonyl (C=O) groups is 2. The molecule has 162 valence electrons. The Kier molecular flexibility index (Phi) is 7.12. The molecule has 3 aliphatic heterocycles. The SMILES string of the molecule is O=C(CC1=NNC(=O)C2CCCNC12)NCCC1CCN(Cc2ccccc2)CC1. The van der Waals surface area contributed by atoms with Crippen molar-refractivity contribution in [2.24, 2.45) is 16.9 Å². The average molecular weight is 412 g/mol. The zero-order valence-electron chi connectivity index (χ0n) is 17.6. The highest BCUT2D eigenvalue weighted by Crippen LogP contribution is 2.23. The molecule has 2 saturated heterocycles. The van der Waals surface area contributed by atoms with Crippen LogP contribution in [0.3, 0.4) is 0 Å². The molecule has 30 heavy (non-hydrogen) atoms. The number of amides is 2. The zero-order valence-corrected chi connectivity index (χ0v) is 17.6. The first-order chi connectivity index (χ1) is 14.7. The zero-order chi connectivity index (χ0) is 20.8. The summed E-state index contributed by atoms with van der Waals surface area (Å²) >= 11 is 0. The maximum atomic E-state index is 12.4. The van der Waals surface area contributed by atoms with Crippen molar-refractivity contribution in [1.82, 2.24) is 21.0 Å². The van der Waals surface area contributed by atoms with E-state index in [2.05, 4.69) is 56.4 Å².